The third-order valence-electron chi connectivity index (χ3n) is 4.87. The number of aliphatic imine (C=N–C) groups is 1. The average Bonchev–Trinajstić information content (AvgIpc) is 3.05. The van der Waals surface area contributed by atoms with E-state index >= 15 is 0 Å². The largest absolute Gasteiger partial charge is 0.355 e. The lowest BCUT2D eigenvalue weighted by Crippen LogP contribution is -2.38. The lowest BCUT2D eigenvalue weighted by Gasteiger charge is -2.12. The monoisotopic (exact) mass is 373 g/mol. The van der Waals surface area contributed by atoms with Gasteiger partial charge < -0.3 is 5.32 Å². The third kappa shape index (κ3) is 3.96. The summed E-state index contributed by atoms with van der Waals surface area (Å²) in [4.78, 5) is 4.32. The Morgan fingerprint density at radius 1 is 1.14 bits per heavy atom. The highest BCUT2D eigenvalue weighted by molar-refractivity contribution is 5.84. The molecule has 6 heteroatoms. The zero-order chi connectivity index (χ0) is 19.3. The molecule has 0 aliphatic carbocycles. The lowest BCUT2D eigenvalue weighted by atomic mass is 10.1. The number of pyridine rings is 1. The SMILES string of the molecule is Cc1cccc2n1cc(/C=C/c1ccc(/C=N/NC3=NCCCN3)cc1)[n+]2C. The van der Waals surface area contributed by atoms with Gasteiger partial charge in [0.2, 0.25) is 5.96 Å². The minimum atomic E-state index is 0.741. The molecule has 2 N–H and O–H groups in total. The standard InChI is InChI=1S/C22H25N6/c1-17-5-3-6-21-27(2)20(16-28(17)21)12-11-18-7-9-19(10-8-18)15-25-26-22-23-13-4-14-24-22/h3,5-12,15-16H,4,13-14H2,1-2H3,(H2,23,24,26)/q+1/b12-11+,25-15+. The number of aromatic nitrogens is 2. The van der Waals surface area contributed by atoms with E-state index in [0.717, 1.165) is 42.3 Å². The van der Waals surface area contributed by atoms with Crippen LogP contribution >= 0.6 is 0 Å². The molecule has 142 valence electrons. The number of benzene rings is 1. The average molecular weight is 373 g/mol. The summed E-state index contributed by atoms with van der Waals surface area (Å²) in [5.74, 6) is 0.741. The molecule has 0 spiro atoms. The van der Waals surface area contributed by atoms with Crippen molar-refractivity contribution in [1.29, 1.82) is 0 Å². The molecule has 0 radical (unpaired) electrons. The summed E-state index contributed by atoms with van der Waals surface area (Å²) in [6.07, 6.45) is 9.31. The number of rotatable bonds is 4. The fourth-order valence-electron chi connectivity index (χ4n) is 3.21. The van der Waals surface area contributed by atoms with Crippen molar-refractivity contribution >= 4 is 30.0 Å². The van der Waals surface area contributed by atoms with Gasteiger partial charge in [-0.15, -0.1) is 0 Å². The van der Waals surface area contributed by atoms with E-state index in [2.05, 4.69) is 105 Å². The van der Waals surface area contributed by atoms with Crippen molar-refractivity contribution in [3.63, 3.8) is 0 Å². The van der Waals surface area contributed by atoms with Gasteiger partial charge in [-0.05, 0) is 36.6 Å². The van der Waals surface area contributed by atoms with Crippen LogP contribution in [0, 0.1) is 6.92 Å². The van der Waals surface area contributed by atoms with Crippen molar-refractivity contribution in [1.82, 2.24) is 15.1 Å². The molecular weight excluding hydrogens is 348 g/mol. The molecule has 4 rings (SSSR count). The molecule has 0 bridgehead atoms. The maximum absolute atomic E-state index is 4.32. The van der Waals surface area contributed by atoms with Crippen LogP contribution in [0.5, 0.6) is 0 Å². The minimum Gasteiger partial charge on any atom is -0.355 e. The van der Waals surface area contributed by atoms with Crippen molar-refractivity contribution in [2.75, 3.05) is 13.1 Å². The first-order chi connectivity index (χ1) is 13.7. The predicted octanol–water partition coefficient (Wildman–Crippen LogP) is 2.52. The highest BCUT2D eigenvalue weighted by atomic mass is 15.4. The highest BCUT2D eigenvalue weighted by Crippen LogP contribution is 2.10. The fraction of sp³-hybridized carbons (Fsp3) is 0.227. The quantitative estimate of drug-likeness (QED) is 0.419. The molecular formula is C22H25N6+. The second-order valence-corrected chi connectivity index (χ2v) is 6.89. The molecule has 1 aliphatic heterocycles. The maximum atomic E-state index is 4.32. The van der Waals surface area contributed by atoms with Gasteiger partial charge in [0, 0.05) is 19.2 Å². The molecule has 0 atom stereocenters. The molecule has 0 saturated heterocycles. The molecule has 1 aromatic carbocycles. The smallest absolute Gasteiger partial charge is 0.286 e. The van der Waals surface area contributed by atoms with Crippen molar-refractivity contribution in [3.8, 4) is 0 Å². The maximum Gasteiger partial charge on any atom is 0.286 e. The van der Waals surface area contributed by atoms with Gasteiger partial charge in [-0.2, -0.15) is 9.50 Å². The Morgan fingerprint density at radius 2 is 1.96 bits per heavy atom. The van der Waals surface area contributed by atoms with Gasteiger partial charge in [0.15, 0.2) is 5.69 Å². The van der Waals surface area contributed by atoms with Crippen molar-refractivity contribution in [2.24, 2.45) is 17.1 Å². The molecule has 28 heavy (non-hydrogen) atoms. The minimum absolute atomic E-state index is 0.741. The summed E-state index contributed by atoms with van der Waals surface area (Å²) < 4.78 is 4.40. The second-order valence-electron chi connectivity index (χ2n) is 6.89. The van der Waals surface area contributed by atoms with Gasteiger partial charge in [-0.3, -0.25) is 4.99 Å². The van der Waals surface area contributed by atoms with Crippen molar-refractivity contribution in [3.05, 3.63) is 71.2 Å². The van der Waals surface area contributed by atoms with Crippen LogP contribution in [0.2, 0.25) is 0 Å². The number of guanidine groups is 1. The molecule has 3 heterocycles. The van der Waals surface area contributed by atoms with Crippen LogP contribution in [0.15, 0.2) is 58.8 Å². The Kier molecular flexibility index (Phi) is 5.19. The summed E-state index contributed by atoms with van der Waals surface area (Å²) >= 11 is 0. The van der Waals surface area contributed by atoms with Crippen LogP contribution < -0.4 is 15.3 Å². The fourth-order valence-corrected chi connectivity index (χ4v) is 3.21. The summed E-state index contributed by atoms with van der Waals surface area (Å²) in [5, 5.41) is 7.42. The van der Waals surface area contributed by atoms with Gasteiger partial charge in [0.1, 0.15) is 11.9 Å². The predicted molar refractivity (Wildman–Crippen MR) is 114 cm³/mol. The number of aryl methyl sites for hydroxylation is 2. The van der Waals surface area contributed by atoms with Crippen LogP contribution in [-0.4, -0.2) is 29.7 Å². The van der Waals surface area contributed by atoms with Crippen molar-refractivity contribution < 1.29 is 4.57 Å². The Bertz CT molecular complexity index is 1060. The van der Waals surface area contributed by atoms with E-state index < -0.39 is 0 Å². The molecule has 2 aromatic heterocycles. The van der Waals surface area contributed by atoms with Crippen LogP contribution in [0.25, 0.3) is 17.8 Å². The second kappa shape index (κ2) is 8.08. The molecule has 3 aromatic rings. The van der Waals surface area contributed by atoms with Crippen LogP contribution in [0.3, 0.4) is 0 Å². The van der Waals surface area contributed by atoms with Gasteiger partial charge in [0.25, 0.3) is 5.65 Å². The van der Waals surface area contributed by atoms with Crippen LogP contribution in [0.4, 0.5) is 0 Å². The molecule has 1 aliphatic rings. The number of hydrazone groups is 1. The van der Waals surface area contributed by atoms with E-state index in [-0.39, 0.29) is 0 Å². The van der Waals surface area contributed by atoms with Gasteiger partial charge in [-0.1, -0.05) is 36.4 Å². The topological polar surface area (TPSA) is 57.1 Å². The van der Waals surface area contributed by atoms with E-state index in [1.807, 2.05) is 0 Å². The first kappa shape index (κ1) is 18.0. The molecule has 0 fully saturated rings. The summed E-state index contributed by atoms with van der Waals surface area (Å²) in [7, 11) is 2.09. The number of nitrogens with zero attached hydrogens (tertiary/aromatic N) is 4. The lowest BCUT2D eigenvalue weighted by molar-refractivity contribution is -0.646. The number of nitrogens with one attached hydrogen (secondary N) is 2. The molecule has 0 saturated carbocycles. The van der Waals surface area contributed by atoms with Crippen LogP contribution in [0.1, 0.15) is 28.9 Å². The Morgan fingerprint density at radius 3 is 2.71 bits per heavy atom. The number of fused-ring (bicyclic) bond motifs is 1. The number of imidazole rings is 1. The zero-order valence-corrected chi connectivity index (χ0v) is 16.3. The van der Waals surface area contributed by atoms with E-state index in [9.17, 15) is 0 Å². The normalized spacial score (nSPS) is 14.6. The molecule has 0 unspecified atom stereocenters. The van der Waals surface area contributed by atoms with Crippen LogP contribution in [-0.2, 0) is 7.05 Å². The van der Waals surface area contributed by atoms with Crippen molar-refractivity contribution in [2.45, 2.75) is 13.3 Å². The van der Waals surface area contributed by atoms with Gasteiger partial charge in [0.05, 0.1) is 13.3 Å². The van der Waals surface area contributed by atoms with Gasteiger partial charge >= 0.3 is 0 Å². The summed E-state index contributed by atoms with van der Waals surface area (Å²) in [6.45, 7) is 3.91. The summed E-state index contributed by atoms with van der Waals surface area (Å²) in [6, 6.07) is 14.6. The highest BCUT2D eigenvalue weighted by Gasteiger charge is 2.12. The molecule has 6 nitrogen and oxygen atoms in total. The zero-order valence-electron chi connectivity index (χ0n) is 16.3. The first-order valence-corrected chi connectivity index (χ1v) is 9.53. The van der Waals surface area contributed by atoms with E-state index in [1.54, 1.807) is 6.21 Å². The van der Waals surface area contributed by atoms with Gasteiger partial charge in [-0.25, -0.2) is 9.99 Å². The number of hydrogen-bond acceptors (Lipinski definition) is 4. The third-order valence-corrected chi connectivity index (χ3v) is 4.87. The van der Waals surface area contributed by atoms with E-state index in [1.165, 1.54) is 11.3 Å². The molecule has 0 amide bonds. The Labute approximate surface area is 164 Å². The first-order valence-electron chi connectivity index (χ1n) is 9.53. The van der Waals surface area contributed by atoms with E-state index in [0.29, 0.717) is 0 Å². The van der Waals surface area contributed by atoms with E-state index in [4.69, 9.17) is 0 Å². The number of hydrogen-bond donors (Lipinski definition) is 2. The Hall–Kier alpha value is -3.41. The Balaban J connectivity index is 1.44. The summed E-state index contributed by atoms with van der Waals surface area (Å²) in [5.41, 5.74) is 8.69.